The summed E-state index contributed by atoms with van der Waals surface area (Å²) in [4.78, 5) is 0. The van der Waals surface area contributed by atoms with Crippen LogP contribution in [0, 0.1) is 18.3 Å². The average Bonchev–Trinajstić information content (AvgIpc) is 2.26. The van der Waals surface area contributed by atoms with Gasteiger partial charge in [0.2, 0.25) is 0 Å². The van der Waals surface area contributed by atoms with E-state index < -0.39 is 0 Å². The monoisotopic (exact) mass is 195 g/mol. The molecule has 74 valence electrons. The first-order chi connectivity index (χ1) is 7.29. The van der Waals surface area contributed by atoms with Crippen LogP contribution >= 0.6 is 0 Å². The zero-order chi connectivity index (χ0) is 10.7. The van der Waals surface area contributed by atoms with Crippen LogP contribution in [-0.4, -0.2) is 0 Å². The Balaban J connectivity index is 2.40. The van der Waals surface area contributed by atoms with Gasteiger partial charge in [-0.3, -0.25) is 0 Å². The fraction of sp³-hybridized carbons (Fsp3) is 0.214. The number of rotatable bonds is 2. The fourth-order valence-electron chi connectivity index (χ4n) is 1.77. The highest BCUT2D eigenvalue weighted by Gasteiger charge is 1.96. The third-order valence-electron chi connectivity index (χ3n) is 2.59. The van der Waals surface area contributed by atoms with Crippen LogP contribution in [0.2, 0.25) is 0 Å². The van der Waals surface area contributed by atoms with Gasteiger partial charge in [-0.15, -0.1) is 0 Å². The molecule has 0 atom stereocenters. The largest absolute Gasteiger partial charge is 0.198 e. The number of fused-ring (bicyclic) bond motifs is 1. The molecule has 1 nitrogen and oxygen atoms in total. The molecule has 0 aromatic heterocycles. The van der Waals surface area contributed by atoms with E-state index in [9.17, 15) is 0 Å². The highest BCUT2D eigenvalue weighted by Crippen LogP contribution is 2.18. The minimum Gasteiger partial charge on any atom is -0.198 e. The third-order valence-corrected chi connectivity index (χ3v) is 2.59. The van der Waals surface area contributed by atoms with Crippen molar-refractivity contribution in [3.8, 4) is 6.07 Å². The predicted molar refractivity (Wildman–Crippen MR) is 62.6 cm³/mol. The minimum absolute atomic E-state index is 0.595. The van der Waals surface area contributed by atoms with Gasteiger partial charge in [0.15, 0.2) is 0 Å². The van der Waals surface area contributed by atoms with Crippen LogP contribution < -0.4 is 0 Å². The third kappa shape index (κ3) is 2.16. The Bertz CT molecular complexity index is 520. The number of nitriles is 1. The van der Waals surface area contributed by atoms with E-state index in [4.69, 9.17) is 5.26 Å². The lowest BCUT2D eigenvalue weighted by molar-refractivity contribution is 1.01. The van der Waals surface area contributed by atoms with Crippen LogP contribution in [0.1, 0.15) is 17.5 Å². The molecule has 0 amide bonds. The predicted octanol–water partition coefficient (Wildman–Crippen LogP) is 3.60. The number of aryl methyl sites for hydroxylation is 2. The van der Waals surface area contributed by atoms with Crippen molar-refractivity contribution in [2.45, 2.75) is 19.8 Å². The molecule has 0 heterocycles. The van der Waals surface area contributed by atoms with Crippen molar-refractivity contribution in [2.75, 3.05) is 0 Å². The van der Waals surface area contributed by atoms with Crippen molar-refractivity contribution in [1.29, 1.82) is 5.26 Å². The fourth-order valence-corrected chi connectivity index (χ4v) is 1.77. The molecule has 0 N–H and O–H groups in total. The summed E-state index contributed by atoms with van der Waals surface area (Å²) in [5.74, 6) is 0. The van der Waals surface area contributed by atoms with Crippen LogP contribution in [-0.2, 0) is 6.42 Å². The first-order valence-corrected chi connectivity index (χ1v) is 5.16. The van der Waals surface area contributed by atoms with E-state index in [0.29, 0.717) is 6.42 Å². The van der Waals surface area contributed by atoms with E-state index in [1.54, 1.807) is 0 Å². The number of hydrogen-bond acceptors (Lipinski definition) is 1. The van der Waals surface area contributed by atoms with E-state index in [0.717, 1.165) is 6.42 Å². The summed E-state index contributed by atoms with van der Waals surface area (Å²) >= 11 is 0. The maximum atomic E-state index is 8.53. The molecule has 0 fully saturated rings. The zero-order valence-electron chi connectivity index (χ0n) is 8.83. The minimum atomic E-state index is 0.595. The standard InChI is InChI=1S/C14H13N/c1-11-4-6-14-10-12(3-2-8-15)5-7-13(14)9-11/h4-7,9-10H,2-3H2,1H3. The molecular formula is C14H13N. The Kier molecular flexibility index (Phi) is 2.69. The van der Waals surface area contributed by atoms with Gasteiger partial charge in [0.25, 0.3) is 0 Å². The van der Waals surface area contributed by atoms with Crippen LogP contribution in [0.5, 0.6) is 0 Å². The van der Waals surface area contributed by atoms with Crippen LogP contribution in [0.3, 0.4) is 0 Å². The van der Waals surface area contributed by atoms with Gasteiger partial charge in [-0.25, -0.2) is 0 Å². The van der Waals surface area contributed by atoms with Gasteiger partial charge in [0, 0.05) is 6.42 Å². The van der Waals surface area contributed by atoms with Crippen molar-refractivity contribution in [1.82, 2.24) is 0 Å². The van der Waals surface area contributed by atoms with Gasteiger partial charge < -0.3 is 0 Å². The molecule has 1 heteroatoms. The highest BCUT2D eigenvalue weighted by atomic mass is 14.2. The van der Waals surface area contributed by atoms with E-state index in [-0.39, 0.29) is 0 Å². The smallest absolute Gasteiger partial charge is 0.0625 e. The Hall–Kier alpha value is -1.81. The summed E-state index contributed by atoms with van der Waals surface area (Å²) in [5, 5.41) is 11.1. The highest BCUT2D eigenvalue weighted by molar-refractivity contribution is 5.83. The second-order valence-electron chi connectivity index (χ2n) is 3.84. The molecule has 2 aromatic carbocycles. The molecule has 0 aliphatic heterocycles. The molecule has 0 radical (unpaired) electrons. The average molecular weight is 195 g/mol. The summed E-state index contributed by atoms with van der Waals surface area (Å²) in [6, 6.07) is 15.0. The summed E-state index contributed by atoms with van der Waals surface area (Å²) in [7, 11) is 0. The number of hydrogen-bond donors (Lipinski definition) is 0. The first kappa shape index (κ1) is 9.73. The molecule has 0 bridgehead atoms. The molecule has 0 saturated carbocycles. The van der Waals surface area contributed by atoms with Crippen molar-refractivity contribution in [3.05, 3.63) is 47.5 Å². The Morgan fingerprint density at radius 2 is 1.80 bits per heavy atom. The maximum Gasteiger partial charge on any atom is 0.0625 e. The lowest BCUT2D eigenvalue weighted by atomic mass is 10.0. The van der Waals surface area contributed by atoms with E-state index in [1.807, 2.05) is 0 Å². The summed E-state index contributed by atoms with van der Waals surface area (Å²) in [5.41, 5.74) is 2.53. The molecule has 0 aliphatic carbocycles. The van der Waals surface area contributed by atoms with Gasteiger partial charge in [0.1, 0.15) is 0 Å². The Labute approximate surface area is 90.0 Å². The second-order valence-corrected chi connectivity index (χ2v) is 3.84. The van der Waals surface area contributed by atoms with Gasteiger partial charge in [-0.05, 0) is 29.7 Å². The lowest BCUT2D eigenvalue weighted by Gasteiger charge is -2.02. The SMILES string of the molecule is Cc1ccc2cc(CCC#N)ccc2c1. The molecular weight excluding hydrogens is 182 g/mol. The molecule has 2 rings (SSSR count). The van der Waals surface area contributed by atoms with E-state index in [1.165, 1.54) is 21.9 Å². The zero-order valence-corrected chi connectivity index (χ0v) is 8.83. The molecule has 2 aromatic rings. The van der Waals surface area contributed by atoms with Crippen molar-refractivity contribution < 1.29 is 0 Å². The van der Waals surface area contributed by atoms with Gasteiger partial charge >= 0.3 is 0 Å². The Morgan fingerprint density at radius 1 is 1.07 bits per heavy atom. The molecule has 0 unspecified atom stereocenters. The van der Waals surface area contributed by atoms with Crippen molar-refractivity contribution in [2.24, 2.45) is 0 Å². The maximum absolute atomic E-state index is 8.53. The van der Waals surface area contributed by atoms with Gasteiger partial charge in [0.05, 0.1) is 6.07 Å². The van der Waals surface area contributed by atoms with E-state index in [2.05, 4.69) is 49.4 Å². The lowest BCUT2D eigenvalue weighted by Crippen LogP contribution is -1.84. The number of benzene rings is 2. The van der Waals surface area contributed by atoms with Crippen LogP contribution in [0.4, 0.5) is 0 Å². The topological polar surface area (TPSA) is 23.8 Å². The summed E-state index contributed by atoms with van der Waals surface area (Å²) in [6.45, 7) is 2.10. The summed E-state index contributed by atoms with van der Waals surface area (Å²) < 4.78 is 0. The van der Waals surface area contributed by atoms with Crippen molar-refractivity contribution in [3.63, 3.8) is 0 Å². The van der Waals surface area contributed by atoms with Crippen LogP contribution in [0.25, 0.3) is 10.8 Å². The molecule has 0 aliphatic rings. The molecule has 0 spiro atoms. The van der Waals surface area contributed by atoms with Gasteiger partial charge in [-0.2, -0.15) is 5.26 Å². The Morgan fingerprint density at radius 3 is 2.60 bits per heavy atom. The first-order valence-electron chi connectivity index (χ1n) is 5.16. The normalized spacial score (nSPS) is 10.1. The summed E-state index contributed by atoms with van der Waals surface area (Å²) in [6.07, 6.45) is 1.44. The van der Waals surface area contributed by atoms with E-state index >= 15 is 0 Å². The second kappa shape index (κ2) is 4.14. The van der Waals surface area contributed by atoms with Crippen molar-refractivity contribution >= 4 is 10.8 Å². The molecule has 15 heavy (non-hydrogen) atoms. The van der Waals surface area contributed by atoms with Gasteiger partial charge in [-0.1, -0.05) is 42.0 Å². The van der Waals surface area contributed by atoms with Crippen LogP contribution in [0.15, 0.2) is 36.4 Å². The molecule has 0 saturated heterocycles. The number of nitrogens with zero attached hydrogens (tertiary/aromatic N) is 1. The quantitative estimate of drug-likeness (QED) is 0.718.